The molecular formula is C63H39NO3S. The van der Waals surface area contributed by atoms with E-state index in [0.29, 0.717) is 0 Å². The van der Waals surface area contributed by atoms with Gasteiger partial charge in [-0.1, -0.05) is 147 Å². The van der Waals surface area contributed by atoms with Gasteiger partial charge >= 0.3 is 0 Å². The number of hydrogen-bond acceptors (Lipinski definition) is 5. The second-order valence-electron chi connectivity index (χ2n) is 18.7. The average molecular weight is 890 g/mol. The highest BCUT2D eigenvalue weighted by molar-refractivity contribution is 7.26. The van der Waals surface area contributed by atoms with Gasteiger partial charge in [0.1, 0.15) is 33.5 Å². The van der Waals surface area contributed by atoms with Gasteiger partial charge in [-0.15, -0.1) is 11.3 Å². The monoisotopic (exact) mass is 889 g/mol. The molecule has 0 aliphatic heterocycles. The zero-order valence-electron chi connectivity index (χ0n) is 37.1. The van der Waals surface area contributed by atoms with Crippen molar-refractivity contribution in [1.29, 1.82) is 0 Å². The highest BCUT2D eigenvalue weighted by atomic mass is 32.1. The van der Waals surface area contributed by atoms with Gasteiger partial charge in [-0.3, -0.25) is 0 Å². The maximum Gasteiger partial charge on any atom is 0.144 e. The summed E-state index contributed by atoms with van der Waals surface area (Å²) in [4.78, 5) is 2.38. The van der Waals surface area contributed by atoms with Crippen LogP contribution in [-0.2, 0) is 5.41 Å². The SMILES string of the molecule is CC1(C)c2ccccc2-c2ccc(N(c3ccc(-c4cccc5c4sc4ccccc45)cc3)c3ccc4c(c3)oc3c(-c5cccc6c5oc5ccccc56)c5c(cc34)oc3ccccc35)cc21. The summed E-state index contributed by atoms with van der Waals surface area (Å²) in [6.07, 6.45) is 0. The summed E-state index contributed by atoms with van der Waals surface area (Å²) in [6, 6.07) is 72.1. The Morgan fingerprint density at radius 1 is 0.382 bits per heavy atom. The van der Waals surface area contributed by atoms with E-state index in [1.165, 1.54) is 53.6 Å². The lowest BCUT2D eigenvalue weighted by molar-refractivity contribution is 0.660. The van der Waals surface area contributed by atoms with E-state index in [9.17, 15) is 0 Å². The zero-order chi connectivity index (χ0) is 44.8. The molecule has 1 aliphatic rings. The molecule has 0 saturated carbocycles. The molecule has 4 heterocycles. The van der Waals surface area contributed by atoms with E-state index in [1.807, 2.05) is 35.6 Å². The third-order valence-electron chi connectivity index (χ3n) is 14.7. The summed E-state index contributed by atoms with van der Waals surface area (Å²) in [5.41, 5.74) is 17.5. The molecule has 4 nitrogen and oxygen atoms in total. The number of para-hydroxylation sites is 3. The fourth-order valence-corrected chi connectivity index (χ4v) is 12.7. The van der Waals surface area contributed by atoms with Crippen LogP contribution in [0.15, 0.2) is 213 Å². The van der Waals surface area contributed by atoms with Crippen LogP contribution in [0.1, 0.15) is 25.0 Å². The number of fused-ring (bicyclic) bond motifs is 15. The lowest BCUT2D eigenvalue weighted by Gasteiger charge is -2.28. The maximum atomic E-state index is 7.23. The van der Waals surface area contributed by atoms with Crippen molar-refractivity contribution in [3.05, 3.63) is 211 Å². The molecule has 0 atom stereocenters. The van der Waals surface area contributed by atoms with Crippen molar-refractivity contribution < 1.29 is 13.3 Å². The largest absolute Gasteiger partial charge is 0.456 e. The minimum Gasteiger partial charge on any atom is -0.456 e. The molecule has 1 aliphatic carbocycles. The lowest BCUT2D eigenvalue weighted by atomic mass is 9.82. The summed E-state index contributed by atoms with van der Waals surface area (Å²) in [7, 11) is 0. The topological polar surface area (TPSA) is 42.7 Å². The van der Waals surface area contributed by atoms with Crippen molar-refractivity contribution in [2.24, 2.45) is 0 Å². The lowest BCUT2D eigenvalue weighted by Crippen LogP contribution is -2.16. The van der Waals surface area contributed by atoms with Gasteiger partial charge in [0.25, 0.3) is 0 Å². The van der Waals surface area contributed by atoms with Crippen LogP contribution in [0.5, 0.6) is 0 Å². The maximum absolute atomic E-state index is 7.23. The Labute approximate surface area is 394 Å². The van der Waals surface area contributed by atoms with E-state index < -0.39 is 0 Å². The van der Waals surface area contributed by atoms with Crippen molar-refractivity contribution in [3.63, 3.8) is 0 Å². The highest BCUT2D eigenvalue weighted by Crippen LogP contribution is 2.52. The molecule has 0 amide bonds. The van der Waals surface area contributed by atoms with Gasteiger partial charge in [0, 0.05) is 92.2 Å². The molecule has 320 valence electrons. The Morgan fingerprint density at radius 3 is 1.87 bits per heavy atom. The highest BCUT2D eigenvalue weighted by Gasteiger charge is 2.36. The third kappa shape index (κ3) is 5.25. The van der Waals surface area contributed by atoms with Crippen LogP contribution in [-0.4, -0.2) is 0 Å². The van der Waals surface area contributed by atoms with Crippen LogP contribution < -0.4 is 4.90 Å². The smallest absolute Gasteiger partial charge is 0.144 e. The second kappa shape index (κ2) is 13.8. The first-order chi connectivity index (χ1) is 33.5. The number of anilines is 3. The van der Waals surface area contributed by atoms with Crippen molar-refractivity contribution in [3.8, 4) is 33.4 Å². The van der Waals surface area contributed by atoms with Gasteiger partial charge < -0.3 is 18.2 Å². The molecule has 15 rings (SSSR count). The number of hydrogen-bond donors (Lipinski definition) is 0. The summed E-state index contributed by atoms with van der Waals surface area (Å²) >= 11 is 1.87. The molecule has 14 aromatic rings. The summed E-state index contributed by atoms with van der Waals surface area (Å²) in [6.45, 7) is 4.69. The van der Waals surface area contributed by atoms with Gasteiger partial charge in [-0.05, 0) is 94.0 Å². The molecule has 0 bridgehead atoms. The predicted octanol–water partition coefficient (Wildman–Crippen LogP) is 18.9. The molecule has 10 aromatic carbocycles. The van der Waals surface area contributed by atoms with E-state index in [1.54, 1.807) is 0 Å². The summed E-state index contributed by atoms with van der Waals surface area (Å²) < 4.78 is 23.2. The average Bonchev–Trinajstić information content (AvgIpc) is 4.19. The summed E-state index contributed by atoms with van der Waals surface area (Å²) in [5, 5.41) is 8.81. The van der Waals surface area contributed by atoms with Crippen LogP contribution in [0.25, 0.3) is 119 Å². The molecule has 0 radical (unpaired) electrons. The van der Waals surface area contributed by atoms with Crippen molar-refractivity contribution in [2.75, 3.05) is 4.90 Å². The Balaban J connectivity index is 0.944. The van der Waals surface area contributed by atoms with Gasteiger partial charge in [-0.25, -0.2) is 0 Å². The van der Waals surface area contributed by atoms with E-state index in [0.717, 1.165) is 94.0 Å². The normalized spacial score (nSPS) is 13.3. The number of thiophene rings is 1. The van der Waals surface area contributed by atoms with Crippen LogP contribution >= 0.6 is 11.3 Å². The molecular weight excluding hydrogens is 851 g/mol. The van der Waals surface area contributed by atoms with Crippen molar-refractivity contribution in [2.45, 2.75) is 19.3 Å². The number of benzene rings is 10. The Hall–Kier alpha value is -8.38. The van der Waals surface area contributed by atoms with Crippen LogP contribution in [0.3, 0.4) is 0 Å². The summed E-state index contributed by atoms with van der Waals surface area (Å²) in [5.74, 6) is 0. The Kier molecular flexibility index (Phi) is 7.69. The number of rotatable bonds is 5. The fraction of sp³-hybridized carbons (Fsp3) is 0.0476. The first kappa shape index (κ1) is 37.8. The molecule has 68 heavy (non-hydrogen) atoms. The van der Waals surface area contributed by atoms with Gasteiger partial charge in [0.05, 0.1) is 0 Å². The third-order valence-corrected chi connectivity index (χ3v) is 15.9. The van der Waals surface area contributed by atoms with Gasteiger partial charge in [0.15, 0.2) is 0 Å². The van der Waals surface area contributed by atoms with Crippen molar-refractivity contribution >= 4 is 114 Å². The van der Waals surface area contributed by atoms with Gasteiger partial charge in [-0.2, -0.15) is 0 Å². The van der Waals surface area contributed by atoms with E-state index in [2.05, 4.69) is 195 Å². The standard InChI is InChI=1S/C63H39NO3S/c1-63(2)51-21-7-3-13-41(51)42-31-29-38(33-52(42)63)64(37-27-25-36(26-28-37)40-17-11-19-47-45-15-6-10-24-57(45)68-62(40)47)39-30-32-44-50-35-56-58(48-16-5-9-23-54(48)65-56)59(61(50)67-55(44)34-39)49-20-12-18-46-43-14-4-8-22-53(43)66-60(46)49/h3-35H,1-2H3. The first-order valence-electron chi connectivity index (χ1n) is 23.2. The molecule has 4 aromatic heterocycles. The van der Waals surface area contributed by atoms with E-state index >= 15 is 0 Å². The minimum atomic E-state index is -0.163. The van der Waals surface area contributed by atoms with Gasteiger partial charge in [0.2, 0.25) is 0 Å². The van der Waals surface area contributed by atoms with Crippen LogP contribution in [0, 0.1) is 0 Å². The molecule has 0 fully saturated rings. The fourth-order valence-electron chi connectivity index (χ4n) is 11.5. The molecule has 0 saturated heterocycles. The van der Waals surface area contributed by atoms with Crippen LogP contribution in [0.2, 0.25) is 0 Å². The quantitative estimate of drug-likeness (QED) is 0.173. The van der Waals surface area contributed by atoms with E-state index in [4.69, 9.17) is 13.3 Å². The minimum absolute atomic E-state index is 0.163. The van der Waals surface area contributed by atoms with E-state index in [-0.39, 0.29) is 5.41 Å². The predicted molar refractivity (Wildman–Crippen MR) is 284 cm³/mol. The second-order valence-corrected chi connectivity index (χ2v) is 19.8. The first-order valence-corrected chi connectivity index (χ1v) is 24.0. The Morgan fingerprint density at radius 2 is 1.00 bits per heavy atom. The van der Waals surface area contributed by atoms with Crippen molar-refractivity contribution in [1.82, 2.24) is 0 Å². The number of furan rings is 3. The Bertz CT molecular complexity index is 4430. The molecule has 0 spiro atoms. The molecule has 5 heteroatoms. The van der Waals surface area contributed by atoms with Crippen LogP contribution in [0.4, 0.5) is 17.1 Å². The molecule has 0 unspecified atom stereocenters. The zero-order valence-corrected chi connectivity index (χ0v) is 37.9. The molecule has 0 N–H and O–H groups in total. The number of nitrogens with zero attached hydrogens (tertiary/aromatic N) is 1.